The summed E-state index contributed by atoms with van der Waals surface area (Å²) in [6.07, 6.45) is 5.46. The Balaban J connectivity index is 2.02. The number of nitrogens with two attached hydrogens (primary N) is 1. The van der Waals surface area contributed by atoms with Gasteiger partial charge in [0, 0.05) is 18.5 Å². The lowest BCUT2D eigenvalue weighted by Gasteiger charge is -2.26. The van der Waals surface area contributed by atoms with Crippen LogP contribution in [0.4, 0.5) is 0 Å². The first-order chi connectivity index (χ1) is 8.13. The Kier molecular flexibility index (Phi) is 6.52. The van der Waals surface area contributed by atoms with E-state index in [0.717, 1.165) is 32.1 Å². The summed E-state index contributed by atoms with van der Waals surface area (Å²) >= 11 is 0. The second-order valence-electron chi connectivity index (χ2n) is 5.01. The third-order valence-corrected chi connectivity index (χ3v) is 3.53. The molecule has 17 heavy (non-hydrogen) atoms. The van der Waals surface area contributed by atoms with E-state index in [-0.39, 0.29) is 11.8 Å². The molecule has 1 atom stereocenters. The Morgan fingerprint density at radius 2 is 2.06 bits per heavy atom. The molecular formula is C13H26N2O2. The first-order valence-electron chi connectivity index (χ1n) is 6.78. The van der Waals surface area contributed by atoms with E-state index in [0.29, 0.717) is 25.3 Å². The van der Waals surface area contributed by atoms with Crippen LogP contribution in [0.2, 0.25) is 0 Å². The highest BCUT2D eigenvalue weighted by Gasteiger charge is 2.18. The maximum absolute atomic E-state index is 11.5. The van der Waals surface area contributed by atoms with Crippen molar-refractivity contribution in [3.63, 3.8) is 0 Å². The highest BCUT2D eigenvalue weighted by Crippen LogP contribution is 2.19. The molecule has 4 nitrogen and oxygen atoms in total. The molecule has 1 rings (SSSR count). The number of ether oxygens (including phenoxy) is 1. The minimum absolute atomic E-state index is 0.0997. The molecular weight excluding hydrogens is 216 g/mol. The van der Waals surface area contributed by atoms with Crippen LogP contribution < -0.4 is 11.1 Å². The van der Waals surface area contributed by atoms with Crippen LogP contribution in [-0.4, -0.2) is 31.2 Å². The van der Waals surface area contributed by atoms with Crippen molar-refractivity contribution in [1.82, 2.24) is 5.32 Å². The van der Waals surface area contributed by atoms with E-state index in [9.17, 15) is 4.79 Å². The van der Waals surface area contributed by atoms with Crippen molar-refractivity contribution in [2.24, 2.45) is 11.7 Å². The molecule has 0 heterocycles. The molecule has 0 radical (unpaired) electrons. The highest BCUT2D eigenvalue weighted by molar-refractivity contribution is 5.78. The zero-order valence-corrected chi connectivity index (χ0v) is 11.1. The van der Waals surface area contributed by atoms with Gasteiger partial charge in [0.25, 0.3) is 0 Å². The van der Waals surface area contributed by atoms with E-state index in [1.54, 1.807) is 0 Å². The van der Waals surface area contributed by atoms with Crippen LogP contribution in [0.3, 0.4) is 0 Å². The third-order valence-electron chi connectivity index (χ3n) is 3.53. The lowest BCUT2D eigenvalue weighted by molar-refractivity contribution is -0.124. The number of amides is 1. The normalized spacial score (nSPS) is 26.5. The van der Waals surface area contributed by atoms with Gasteiger partial charge in [-0.1, -0.05) is 13.8 Å². The summed E-state index contributed by atoms with van der Waals surface area (Å²) in [4.78, 5) is 11.5. The van der Waals surface area contributed by atoms with E-state index in [1.165, 1.54) is 0 Å². The fourth-order valence-electron chi connectivity index (χ4n) is 2.01. The first-order valence-corrected chi connectivity index (χ1v) is 6.78. The summed E-state index contributed by atoms with van der Waals surface area (Å²) in [5.41, 5.74) is 5.83. The van der Waals surface area contributed by atoms with Crippen molar-refractivity contribution in [1.29, 1.82) is 0 Å². The van der Waals surface area contributed by atoms with Crippen molar-refractivity contribution in [3.05, 3.63) is 0 Å². The molecule has 0 saturated heterocycles. The zero-order valence-electron chi connectivity index (χ0n) is 11.1. The van der Waals surface area contributed by atoms with Crippen molar-refractivity contribution in [3.8, 4) is 0 Å². The Labute approximate surface area is 104 Å². The lowest BCUT2D eigenvalue weighted by atomic mass is 9.94. The molecule has 1 amide bonds. The van der Waals surface area contributed by atoms with E-state index in [2.05, 4.69) is 5.32 Å². The molecule has 3 N–H and O–H groups in total. The molecule has 0 aromatic carbocycles. The monoisotopic (exact) mass is 242 g/mol. The summed E-state index contributed by atoms with van der Waals surface area (Å²) in [6.45, 7) is 5.19. The Morgan fingerprint density at radius 3 is 2.65 bits per heavy atom. The van der Waals surface area contributed by atoms with Crippen LogP contribution in [-0.2, 0) is 9.53 Å². The van der Waals surface area contributed by atoms with Gasteiger partial charge in [-0.3, -0.25) is 4.79 Å². The van der Waals surface area contributed by atoms with Crippen molar-refractivity contribution < 1.29 is 9.53 Å². The topological polar surface area (TPSA) is 64.3 Å². The molecule has 1 aliphatic rings. The minimum Gasteiger partial charge on any atom is -0.376 e. The minimum atomic E-state index is 0.0997. The van der Waals surface area contributed by atoms with Crippen LogP contribution in [0.1, 0.15) is 46.0 Å². The van der Waals surface area contributed by atoms with Gasteiger partial charge in [0.1, 0.15) is 0 Å². The van der Waals surface area contributed by atoms with E-state index >= 15 is 0 Å². The van der Waals surface area contributed by atoms with Crippen molar-refractivity contribution >= 4 is 5.91 Å². The summed E-state index contributed by atoms with van der Waals surface area (Å²) in [5, 5.41) is 2.89. The Bertz CT molecular complexity index is 225. The van der Waals surface area contributed by atoms with Gasteiger partial charge >= 0.3 is 0 Å². The smallest absolute Gasteiger partial charge is 0.222 e. The molecule has 0 aromatic heterocycles. The summed E-state index contributed by atoms with van der Waals surface area (Å²) in [6, 6.07) is 0.361. The third kappa shape index (κ3) is 5.50. The Hall–Kier alpha value is -0.610. The average molecular weight is 242 g/mol. The quantitative estimate of drug-likeness (QED) is 0.693. The largest absolute Gasteiger partial charge is 0.376 e. The molecule has 0 bridgehead atoms. The molecule has 1 saturated carbocycles. The first kappa shape index (κ1) is 14.5. The summed E-state index contributed by atoms with van der Waals surface area (Å²) in [5.74, 6) is 0.226. The standard InChI is InChI=1S/C13H26N2O2/c1-3-10(2)13(16)15-8-9-17-12-6-4-11(14)5-7-12/h10-12H,3-9,14H2,1-2H3,(H,15,16). The zero-order chi connectivity index (χ0) is 12.7. The van der Waals surface area contributed by atoms with Gasteiger partial charge in [-0.05, 0) is 32.1 Å². The van der Waals surface area contributed by atoms with Crippen LogP contribution >= 0.6 is 0 Å². The van der Waals surface area contributed by atoms with Gasteiger partial charge < -0.3 is 15.8 Å². The fraction of sp³-hybridized carbons (Fsp3) is 0.923. The molecule has 1 aliphatic carbocycles. The molecule has 1 fully saturated rings. The van der Waals surface area contributed by atoms with Crippen LogP contribution in [0.15, 0.2) is 0 Å². The summed E-state index contributed by atoms with van der Waals surface area (Å²) < 4.78 is 5.72. The molecule has 4 heteroatoms. The van der Waals surface area contributed by atoms with Crippen LogP contribution in [0.5, 0.6) is 0 Å². The second kappa shape index (κ2) is 7.67. The van der Waals surface area contributed by atoms with Gasteiger partial charge in [-0.15, -0.1) is 0 Å². The second-order valence-corrected chi connectivity index (χ2v) is 5.01. The summed E-state index contributed by atoms with van der Waals surface area (Å²) in [7, 11) is 0. The van der Waals surface area contributed by atoms with E-state index < -0.39 is 0 Å². The van der Waals surface area contributed by atoms with Crippen molar-refractivity contribution in [2.45, 2.75) is 58.1 Å². The van der Waals surface area contributed by atoms with Gasteiger partial charge in [0.05, 0.1) is 12.7 Å². The fourth-order valence-corrected chi connectivity index (χ4v) is 2.01. The maximum Gasteiger partial charge on any atom is 0.222 e. The average Bonchev–Trinajstić information content (AvgIpc) is 2.35. The van der Waals surface area contributed by atoms with Crippen LogP contribution in [0.25, 0.3) is 0 Å². The molecule has 0 aromatic rings. The maximum atomic E-state index is 11.5. The van der Waals surface area contributed by atoms with Gasteiger partial charge in [-0.2, -0.15) is 0 Å². The number of nitrogens with one attached hydrogen (secondary N) is 1. The SMILES string of the molecule is CCC(C)C(=O)NCCOC1CCC(N)CC1. The van der Waals surface area contributed by atoms with Crippen LogP contribution in [0, 0.1) is 5.92 Å². The Morgan fingerprint density at radius 1 is 1.41 bits per heavy atom. The van der Waals surface area contributed by atoms with Gasteiger partial charge in [-0.25, -0.2) is 0 Å². The molecule has 1 unspecified atom stereocenters. The van der Waals surface area contributed by atoms with E-state index in [1.807, 2.05) is 13.8 Å². The predicted octanol–water partition coefficient (Wildman–Crippen LogP) is 1.44. The molecule has 100 valence electrons. The van der Waals surface area contributed by atoms with Gasteiger partial charge in [0.15, 0.2) is 0 Å². The number of hydrogen-bond donors (Lipinski definition) is 2. The molecule has 0 spiro atoms. The number of rotatable bonds is 6. The number of hydrogen-bond acceptors (Lipinski definition) is 3. The van der Waals surface area contributed by atoms with Gasteiger partial charge in [0.2, 0.25) is 5.91 Å². The van der Waals surface area contributed by atoms with E-state index in [4.69, 9.17) is 10.5 Å². The highest BCUT2D eigenvalue weighted by atomic mass is 16.5. The van der Waals surface area contributed by atoms with Crippen molar-refractivity contribution in [2.75, 3.05) is 13.2 Å². The number of carbonyl (C=O) groups is 1. The predicted molar refractivity (Wildman–Crippen MR) is 68.6 cm³/mol. The molecule has 0 aliphatic heterocycles. The lowest BCUT2D eigenvalue weighted by Crippen LogP contribution is -2.34. The number of carbonyl (C=O) groups excluding carboxylic acids is 1.